The Labute approximate surface area is 267 Å². The summed E-state index contributed by atoms with van der Waals surface area (Å²) in [7, 11) is 4.78. The summed E-state index contributed by atoms with van der Waals surface area (Å²) in [5, 5.41) is 11.5. The number of nitrogens with one attached hydrogen (secondary N) is 1. The number of methoxy groups -OCH3 is 3. The van der Waals surface area contributed by atoms with Crippen molar-refractivity contribution in [1.29, 1.82) is 0 Å². The van der Waals surface area contributed by atoms with Gasteiger partial charge in [0.25, 0.3) is 5.56 Å². The predicted molar refractivity (Wildman–Crippen MR) is 170 cm³/mol. The highest BCUT2D eigenvalue weighted by Crippen LogP contribution is 2.43. The molecule has 0 spiro atoms. The van der Waals surface area contributed by atoms with Crippen LogP contribution in [0, 0.1) is 0 Å². The molecule has 1 aliphatic heterocycles. The van der Waals surface area contributed by atoms with Crippen molar-refractivity contribution in [2.75, 3.05) is 41.2 Å². The lowest BCUT2D eigenvalue weighted by Gasteiger charge is -2.37. The summed E-state index contributed by atoms with van der Waals surface area (Å²) in [6.45, 7) is 2.22. The van der Waals surface area contributed by atoms with Crippen molar-refractivity contribution in [2.24, 2.45) is 0 Å². The minimum atomic E-state index is -1.26. The molecule has 1 aliphatic rings. The van der Waals surface area contributed by atoms with Crippen molar-refractivity contribution in [2.45, 2.75) is 43.5 Å². The molecule has 1 fully saturated rings. The zero-order valence-electron chi connectivity index (χ0n) is 26.4. The number of aromatic amines is 1. The Morgan fingerprint density at radius 2 is 1.43 bits per heavy atom. The second-order valence-electron chi connectivity index (χ2n) is 10.9. The number of rotatable bonds is 14. The molecule has 0 aliphatic carbocycles. The lowest BCUT2D eigenvalue weighted by atomic mass is 9.80. The first-order valence-electron chi connectivity index (χ1n) is 15.1. The van der Waals surface area contributed by atoms with Crippen LogP contribution in [0.4, 0.5) is 0 Å². The van der Waals surface area contributed by atoms with E-state index in [0.29, 0.717) is 23.5 Å². The summed E-state index contributed by atoms with van der Waals surface area (Å²) in [5.41, 5.74) is 0.556. The van der Waals surface area contributed by atoms with Crippen LogP contribution in [-0.2, 0) is 31.0 Å². The van der Waals surface area contributed by atoms with Gasteiger partial charge in [0.15, 0.2) is 6.23 Å². The molecule has 0 amide bonds. The number of H-pyrrole nitrogens is 1. The maximum Gasteiger partial charge on any atom is 0.330 e. The van der Waals surface area contributed by atoms with Crippen LogP contribution in [-0.4, -0.2) is 74.1 Å². The number of benzene rings is 3. The fourth-order valence-electron chi connectivity index (χ4n) is 5.81. The molecule has 46 heavy (non-hydrogen) atoms. The van der Waals surface area contributed by atoms with Crippen LogP contribution >= 0.6 is 0 Å². The molecule has 4 aromatic rings. The van der Waals surface area contributed by atoms with Gasteiger partial charge in [0.05, 0.1) is 34.0 Å². The van der Waals surface area contributed by atoms with Gasteiger partial charge in [-0.1, -0.05) is 61.5 Å². The van der Waals surface area contributed by atoms with Gasteiger partial charge in [-0.25, -0.2) is 4.79 Å². The third-order valence-corrected chi connectivity index (χ3v) is 8.24. The number of hydrogen-bond acceptors (Lipinski definition) is 9. The van der Waals surface area contributed by atoms with Crippen LogP contribution in [0.25, 0.3) is 0 Å². The molecule has 0 radical (unpaired) electrons. The highest BCUT2D eigenvalue weighted by atomic mass is 16.6. The van der Waals surface area contributed by atoms with E-state index >= 15 is 0 Å². The number of hydrogen-bond donors (Lipinski definition) is 2. The summed E-state index contributed by atoms with van der Waals surface area (Å²) in [5.74, 6) is 1.38. The van der Waals surface area contributed by atoms with Gasteiger partial charge in [0.1, 0.15) is 35.4 Å². The fourth-order valence-corrected chi connectivity index (χ4v) is 5.81. The topological polar surface area (TPSA) is 130 Å². The van der Waals surface area contributed by atoms with E-state index in [1.807, 2.05) is 78.9 Å². The first kappa shape index (κ1) is 33.1. The SMILES string of the molecule is CCc1cn([C@@H]2O[C@H](COC(c3ccccc3)(c3ccc(OC)cc3)c3ccc(OC)cc3)[C@@H](OCCOC)[C@H]2O)c(=O)[nH]c1=O. The first-order valence-corrected chi connectivity index (χ1v) is 15.1. The molecule has 11 heteroatoms. The largest absolute Gasteiger partial charge is 0.497 e. The predicted octanol–water partition coefficient (Wildman–Crippen LogP) is 3.41. The van der Waals surface area contributed by atoms with E-state index in [4.69, 9.17) is 28.4 Å². The van der Waals surface area contributed by atoms with E-state index in [9.17, 15) is 14.7 Å². The summed E-state index contributed by atoms with van der Waals surface area (Å²) in [4.78, 5) is 27.5. The maximum absolute atomic E-state index is 12.9. The Bertz CT molecular complexity index is 1620. The lowest BCUT2D eigenvalue weighted by molar-refractivity contribution is -0.107. The van der Waals surface area contributed by atoms with E-state index in [1.54, 1.807) is 28.3 Å². The molecule has 4 atom stereocenters. The Kier molecular flexibility index (Phi) is 10.7. The van der Waals surface area contributed by atoms with Crippen LogP contribution in [0.15, 0.2) is 94.6 Å². The monoisotopic (exact) mass is 632 g/mol. The highest BCUT2D eigenvalue weighted by Gasteiger charge is 2.48. The zero-order chi connectivity index (χ0) is 32.7. The van der Waals surface area contributed by atoms with Crippen molar-refractivity contribution in [3.05, 3.63) is 128 Å². The molecular formula is C35H40N2O9. The number of aryl methyl sites for hydroxylation is 1. The zero-order valence-corrected chi connectivity index (χ0v) is 26.4. The van der Waals surface area contributed by atoms with Crippen LogP contribution in [0.5, 0.6) is 11.5 Å². The molecule has 3 aromatic carbocycles. The maximum atomic E-state index is 12.9. The van der Waals surface area contributed by atoms with Crippen molar-refractivity contribution in [3.8, 4) is 11.5 Å². The first-order chi connectivity index (χ1) is 22.4. The van der Waals surface area contributed by atoms with E-state index in [0.717, 1.165) is 16.7 Å². The van der Waals surface area contributed by atoms with Crippen molar-refractivity contribution in [3.63, 3.8) is 0 Å². The molecule has 2 N–H and O–H groups in total. The molecular weight excluding hydrogens is 592 g/mol. The van der Waals surface area contributed by atoms with E-state index in [1.165, 1.54) is 10.8 Å². The van der Waals surface area contributed by atoms with E-state index in [2.05, 4.69) is 4.98 Å². The standard InChI is InChI=1S/C35H40N2O9/c1-5-23-21-37(34(40)36-32(23)39)33-30(38)31(44-20-19-41-2)29(46-33)22-45-35(24-9-7-6-8-10-24,25-11-15-27(42-3)16-12-25)26-13-17-28(43-4)18-14-26/h6-18,21,29-31,33,38H,5,19-20,22H2,1-4H3,(H,36,39,40)/t29-,30-,31-,33-/m1/s1. The number of aliphatic hydroxyl groups is 1. The van der Waals surface area contributed by atoms with Crippen molar-refractivity contribution < 1.29 is 33.5 Å². The molecule has 0 unspecified atom stereocenters. The minimum absolute atomic E-state index is 0.0447. The quantitative estimate of drug-likeness (QED) is 0.159. The molecule has 5 rings (SSSR count). The van der Waals surface area contributed by atoms with Gasteiger partial charge in [-0.2, -0.15) is 0 Å². The number of aliphatic hydroxyl groups excluding tert-OH is 1. The number of nitrogens with zero attached hydrogens (tertiary/aromatic N) is 1. The van der Waals surface area contributed by atoms with Gasteiger partial charge in [-0.3, -0.25) is 14.3 Å². The highest BCUT2D eigenvalue weighted by molar-refractivity contribution is 5.49. The van der Waals surface area contributed by atoms with Gasteiger partial charge in [0, 0.05) is 18.9 Å². The molecule has 244 valence electrons. The third-order valence-electron chi connectivity index (χ3n) is 8.24. The minimum Gasteiger partial charge on any atom is -0.497 e. The van der Waals surface area contributed by atoms with Gasteiger partial charge in [-0.05, 0) is 47.4 Å². The van der Waals surface area contributed by atoms with Crippen molar-refractivity contribution in [1.82, 2.24) is 9.55 Å². The van der Waals surface area contributed by atoms with E-state index < -0.39 is 41.4 Å². The van der Waals surface area contributed by atoms with Gasteiger partial charge in [0.2, 0.25) is 0 Å². The number of ether oxygens (including phenoxy) is 6. The van der Waals surface area contributed by atoms with Crippen molar-refractivity contribution >= 4 is 0 Å². The van der Waals surface area contributed by atoms with Crippen LogP contribution in [0.3, 0.4) is 0 Å². The molecule has 1 saturated heterocycles. The second kappa shape index (κ2) is 14.9. The smallest absolute Gasteiger partial charge is 0.330 e. The Balaban J connectivity index is 1.58. The Morgan fingerprint density at radius 1 is 0.848 bits per heavy atom. The van der Waals surface area contributed by atoms with E-state index in [-0.39, 0.29) is 19.8 Å². The Morgan fingerprint density at radius 3 is 1.98 bits per heavy atom. The molecule has 0 saturated carbocycles. The fraction of sp³-hybridized carbons (Fsp3) is 0.371. The third kappa shape index (κ3) is 6.64. The average Bonchev–Trinajstić information content (AvgIpc) is 3.40. The van der Waals surface area contributed by atoms with Gasteiger partial charge < -0.3 is 33.5 Å². The van der Waals surface area contributed by atoms with Crippen LogP contribution < -0.4 is 20.7 Å². The normalized spacial score (nSPS) is 19.7. The summed E-state index contributed by atoms with van der Waals surface area (Å²) >= 11 is 0. The summed E-state index contributed by atoms with van der Waals surface area (Å²) in [6.07, 6.45) is -2.28. The molecule has 0 bridgehead atoms. The lowest BCUT2D eigenvalue weighted by Crippen LogP contribution is -2.42. The summed E-state index contributed by atoms with van der Waals surface area (Å²) < 4.78 is 36.7. The average molecular weight is 633 g/mol. The second-order valence-corrected chi connectivity index (χ2v) is 10.9. The molecule has 2 heterocycles. The Hall–Kier alpha value is -4.26. The van der Waals surface area contributed by atoms with Crippen LogP contribution in [0.1, 0.15) is 35.4 Å². The van der Waals surface area contributed by atoms with Crippen LogP contribution in [0.2, 0.25) is 0 Å². The number of aromatic nitrogens is 2. The molecule has 1 aromatic heterocycles. The molecule has 11 nitrogen and oxygen atoms in total. The summed E-state index contributed by atoms with van der Waals surface area (Å²) in [6, 6.07) is 25.1. The van der Waals surface area contributed by atoms with Gasteiger partial charge in [-0.15, -0.1) is 0 Å². The van der Waals surface area contributed by atoms with Gasteiger partial charge >= 0.3 is 5.69 Å².